The largest absolute Gasteiger partial charge is 0.444 e. The second-order valence-corrected chi connectivity index (χ2v) is 9.10. The number of aromatic nitrogens is 5. The first kappa shape index (κ1) is 21.0. The highest BCUT2D eigenvalue weighted by Crippen LogP contribution is 2.35. The minimum Gasteiger partial charge on any atom is -0.444 e. The fourth-order valence-corrected chi connectivity index (χ4v) is 4.02. The van der Waals surface area contributed by atoms with Crippen LogP contribution < -0.4 is 4.90 Å². The van der Waals surface area contributed by atoms with Crippen LogP contribution in [0.4, 0.5) is 10.6 Å². The SMILES string of the molecule is Cc1nccnc1-c1c[nH]c2ncnc(N3C[C@H](C)N(C(=O)OC(C)(C)C)CC3C)c12. The molecule has 164 valence electrons. The minimum absolute atomic E-state index is 0.0308. The van der Waals surface area contributed by atoms with Crippen LogP contribution in [0.15, 0.2) is 24.9 Å². The molecule has 0 radical (unpaired) electrons. The fraction of sp³-hybridized carbons (Fsp3) is 0.500. The van der Waals surface area contributed by atoms with Crippen molar-refractivity contribution in [3.63, 3.8) is 0 Å². The number of anilines is 1. The topological polar surface area (TPSA) is 100 Å². The van der Waals surface area contributed by atoms with E-state index in [0.717, 1.165) is 33.8 Å². The van der Waals surface area contributed by atoms with E-state index in [1.165, 1.54) is 0 Å². The Morgan fingerprint density at radius 3 is 2.55 bits per heavy atom. The first-order chi connectivity index (χ1) is 14.7. The molecule has 1 saturated heterocycles. The van der Waals surface area contributed by atoms with Gasteiger partial charge in [-0.2, -0.15) is 0 Å². The molecule has 9 heteroatoms. The van der Waals surface area contributed by atoms with E-state index >= 15 is 0 Å². The maximum absolute atomic E-state index is 12.7. The Labute approximate surface area is 181 Å². The molecule has 1 aliphatic heterocycles. The highest BCUT2D eigenvalue weighted by molar-refractivity contribution is 6.00. The Kier molecular flexibility index (Phi) is 5.28. The van der Waals surface area contributed by atoms with Crippen LogP contribution in [0.1, 0.15) is 40.3 Å². The number of hydrogen-bond acceptors (Lipinski definition) is 7. The number of fused-ring (bicyclic) bond motifs is 1. The normalized spacial score (nSPS) is 19.7. The number of aromatic amines is 1. The van der Waals surface area contributed by atoms with Gasteiger partial charge in [0.2, 0.25) is 0 Å². The van der Waals surface area contributed by atoms with E-state index in [4.69, 9.17) is 4.74 Å². The maximum atomic E-state index is 12.7. The lowest BCUT2D eigenvalue weighted by atomic mass is 10.1. The van der Waals surface area contributed by atoms with E-state index in [2.05, 4.69) is 36.7 Å². The average Bonchev–Trinajstić information content (AvgIpc) is 3.12. The molecule has 1 aliphatic rings. The quantitative estimate of drug-likeness (QED) is 0.673. The van der Waals surface area contributed by atoms with E-state index in [9.17, 15) is 4.79 Å². The number of carbonyl (C=O) groups is 1. The van der Waals surface area contributed by atoms with Crippen molar-refractivity contribution >= 4 is 22.9 Å². The van der Waals surface area contributed by atoms with Crippen LogP contribution in [0.3, 0.4) is 0 Å². The lowest BCUT2D eigenvalue weighted by Crippen LogP contribution is -2.59. The maximum Gasteiger partial charge on any atom is 0.410 e. The third-order valence-electron chi connectivity index (χ3n) is 5.47. The van der Waals surface area contributed by atoms with Crippen LogP contribution >= 0.6 is 0 Å². The monoisotopic (exact) mass is 423 g/mol. The molecule has 0 aliphatic carbocycles. The van der Waals surface area contributed by atoms with Crippen LogP contribution in [0.5, 0.6) is 0 Å². The third kappa shape index (κ3) is 4.04. The minimum atomic E-state index is -0.523. The van der Waals surface area contributed by atoms with Crippen molar-refractivity contribution in [1.82, 2.24) is 29.8 Å². The van der Waals surface area contributed by atoms with Gasteiger partial charge in [0.1, 0.15) is 23.4 Å². The highest BCUT2D eigenvalue weighted by Gasteiger charge is 2.36. The molecule has 3 aromatic heterocycles. The van der Waals surface area contributed by atoms with Crippen molar-refractivity contribution in [1.29, 1.82) is 0 Å². The van der Waals surface area contributed by atoms with Crippen LogP contribution in [-0.2, 0) is 4.74 Å². The summed E-state index contributed by atoms with van der Waals surface area (Å²) in [6.45, 7) is 12.9. The van der Waals surface area contributed by atoms with Gasteiger partial charge in [0.25, 0.3) is 0 Å². The Bertz CT molecular complexity index is 1100. The Balaban J connectivity index is 1.69. The highest BCUT2D eigenvalue weighted by atomic mass is 16.6. The van der Waals surface area contributed by atoms with Crippen molar-refractivity contribution < 1.29 is 9.53 Å². The van der Waals surface area contributed by atoms with Crippen LogP contribution in [0.25, 0.3) is 22.3 Å². The number of H-pyrrole nitrogens is 1. The van der Waals surface area contributed by atoms with Crippen molar-refractivity contribution in [2.75, 3.05) is 18.0 Å². The number of piperazine rings is 1. The van der Waals surface area contributed by atoms with Gasteiger partial charge in [0.05, 0.1) is 16.8 Å². The van der Waals surface area contributed by atoms with Gasteiger partial charge in [-0.3, -0.25) is 9.97 Å². The molecule has 9 nitrogen and oxygen atoms in total. The summed E-state index contributed by atoms with van der Waals surface area (Å²) in [7, 11) is 0. The van der Waals surface area contributed by atoms with Gasteiger partial charge in [0, 0.05) is 49.3 Å². The first-order valence-electron chi connectivity index (χ1n) is 10.5. The summed E-state index contributed by atoms with van der Waals surface area (Å²) in [5.41, 5.74) is 2.79. The first-order valence-corrected chi connectivity index (χ1v) is 10.5. The lowest BCUT2D eigenvalue weighted by molar-refractivity contribution is 0.0130. The number of nitrogens with one attached hydrogen (secondary N) is 1. The zero-order chi connectivity index (χ0) is 22.3. The second kappa shape index (κ2) is 7.79. The van der Waals surface area contributed by atoms with Gasteiger partial charge in [-0.25, -0.2) is 14.8 Å². The van der Waals surface area contributed by atoms with Gasteiger partial charge in [-0.1, -0.05) is 0 Å². The van der Waals surface area contributed by atoms with Crippen LogP contribution in [-0.4, -0.2) is 66.7 Å². The van der Waals surface area contributed by atoms with Crippen molar-refractivity contribution in [2.45, 2.75) is 59.2 Å². The van der Waals surface area contributed by atoms with E-state index in [0.29, 0.717) is 13.1 Å². The number of amides is 1. The summed E-state index contributed by atoms with van der Waals surface area (Å²) < 4.78 is 5.61. The zero-order valence-corrected chi connectivity index (χ0v) is 18.9. The van der Waals surface area contributed by atoms with E-state index in [-0.39, 0.29) is 18.2 Å². The third-order valence-corrected chi connectivity index (χ3v) is 5.47. The summed E-state index contributed by atoms with van der Waals surface area (Å²) in [6, 6.07) is 0.0178. The summed E-state index contributed by atoms with van der Waals surface area (Å²) in [6.07, 6.45) is 6.57. The van der Waals surface area contributed by atoms with Crippen molar-refractivity contribution in [3.05, 3.63) is 30.6 Å². The van der Waals surface area contributed by atoms with Gasteiger partial charge in [0.15, 0.2) is 0 Å². The van der Waals surface area contributed by atoms with Gasteiger partial charge < -0.3 is 19.5 Å². The summed E-state index contributed by atoms with van der Waals surface area (Å²) in [5.74, 6) is 0.828. The van der Waals surface area contributed by atoms with Gasteiger partial charge in [-0.05, 0) is 41.5 Å². The fourth-order valence-electron chi connectivity index (χ4n) is 4.02. The lowest BCUT2D eigenvalue weighted by Gasteiger charge is -2.44. The molecular weight excluding hydrogens is 394 g/mol. The Morgan fingerprint density at radius 1 is 1.10 bits per heavy atom. The molecule has 1 N–H and O–H groups in total. The molecule has 2 atom stereocenters. The molecule has 0 bridgehead atoms. The van der Waals surface area contributed by atoms with Crippen molar-refractivity contribution in [2.24, 2.45) is 0 Å². The number of aryl methyl sites for hydroxylation is 1. The molecular formula is C22H29N7O2. The number of rotatable bonds is 2. The van der Waals surface area contributed by atoms with E-state index < -0.39 is 5.60 Å². The Morgan fingerprint density at radius 2 is 1.84 bits per heavy atom. The Hall–Kier alpha value is -3.23. The molecule has 1 fully saturated rings. The van der Waals surface area contributed by atoms with Crippen LogP contribution in [0.2, 0.25) is 0 Å². The standard InChI is InChI=1S/C22H29N7O2/c1-13-11-29(21(30)31-22(4,5)6)14(2)10-28(13)20-17-16(9-25-19(17)26-12-27-20)18-15(3)23-7-8-24-18/h7-9,12-14H,10-11H2,1-6H3,(H,25,26,27)/t13?,14-/m0/s1. The molecule has 1 unspecified atom stereocenters. The number of nitrogens with zero attached hydrogens (tertiary/aromatic N) is 6. The summed E-state index contributed by atoms with van der Waals surface area (Å²) in [4.78, 5) is 38.0. The number of ether oxygens (including phenoxy) is 1. The molecule has 0 aromatic carbocycles. The second-order valence-electron chi connectivity index (χ2n) is 9.10. The molecule has 4 heterocycles. The van der Waals surface area contributed by atoms with E-state index in [1.807, 2.05) is 40.8 Å². The molecule has 3 aromatic rings. The average molecular weight is 424 g/mol. The smallest absolute Gasteiger partial charge is 0.410 e. The molecule has 1 amide bonds. The predicted molar refractivity (Wildman–Crippen MR) is 119 cm³/mol. The molecule has 0 saturated carbocycles. The summed E-state index contributed by atoms with van der Waals surface area (Å²) >= 11 is 0. The molecule has 0 spiro atoms. The van der Waals surface area contributed by atoms with Gasteiger partial charge >= 0.3 is 6.09 Å². The van der Waals surface area contributed by atoms with Gasteiger partial charge in [-0.15, -0.1) is 0 Å². The number of carbonyl (C=O) groups excluding carboxylic acids is 1. The molecule has 4 rings (SSSR count). The van der Waals surface area contributed by atoms with Crippen molar-refractivity contribution in [3.8, 4) is 11.3 Å². The predicted octanol–water partition coefficient (Wildman–Crippen LogP) is 3.56. The zero-order valence-electron chi connectivity index (χ0n) is 18.9. The number of hydrogen-bond donors (Lipinski definition) is 1. The van der Waals surface area contributed by atoms with Crippen LogP contribution in [0, 0.1) is 6.92 Å². The molecule has 31 heavy (non-hydrogen) atoms. The van der Waals surface area contributed by atoms with E-state index in [1.54, 1.807) is 23.6 Å². The summed E-state index contributed by atoms with van der Waals surface area (Å²) in [5, 5.41) is 0.913.